The van der Waals surface area contributed by atoms with Gasteiger partial charge in [0, 0.05) is 49.2 Å². The second-order valence-corrected chi connectivity index (χ2v) is 8.69. The predicted molar refractivity (Wildman–Crippen MR) is 118 cm³/mol. The molecular weight excluding hydrogens is 396 g/mol. The van der Waals surface area contributed by atoms with Gasteiger partial charge in [-0.05, 0) is 25.8 Å². The Labute approximate surface area is 181 Å². The number of rotatable bonds is 6. The summed E-state index contributed by atoms with van der Waals surface area (Å²) in [6, 6.07) is 8.67. The van der Waals surface area contributed by atoms with Crippen molar-refractivity contribution < 1.29 is 9.32 Å². The molecule has 0 bridgehead atoms. The Hall–Kier alpha value is -2.51. The van der Waals surface area contributed by atoms with Crippen LogP contribution in [0.2, 0.25) is 0 Å². The number of hydrogen-bond acceptors (Lipinski definition) is 6. The monoisotopic (exact) mass is 424 g/mol. The number of hydrogen-bond donors (Lipinski definition) is 0. The minimum atomic E-state index is 0.149. The van der Waals surface area contributed by atoms with Gasteiger partial charge in [0.05, 0.1) is 17.8 Å². The summed E-state index contributed by atoms with van der Waals surface area (Å²) in [5, 5.41) is 7.17. The first-order valence-electron chi connectivity index (χ1n) is 10.5. The van der Waals surface area contributed by atoms with Gasteiger partial charge in [0.1, 0.15) is 10.8 Å². The molecule has 0 unspecified atom stereocenters. The third kappa shape index (κ3) is 4.63. The molecule has 0 saturated carbocycles. The lowest BCUT2D eigenvalue weighted by molar-refractivity contribution is -0.132. The molecule has 1 aliphatic heterocycles. The van der Waals surface area contributed by atoms with Gasteiger partial charge >= 0.3 is 0 Å². The highest BCUT2D eigenvalue weighted by Crippen LogP contribution is 2.25. The average Bonchev–Trinajstić information content (AvgIpc) is 3.36. The molecule has 1 amide bonds. The zero-order chi connectivity index (χ0) is 21.1. The van der Waals surface area contributed by atoms with Crippen molar-refractivity contribution in [1.82, 2.24) is 19.9 Å². The normalized spacial score (nSPS) is 15.0. The van der Waals surface area contributed by atoms with Crippen LogP contribution in [0.4, 0.5) is 0 Å². The SMILES string of the molecule is CCc1ccc(-c2nc(CN3CCN(C(=O)Cc4c(C)noc4C)CC3)cs2)cc1. The fourth-order valence-corrected chi connectivity index (χ4v) is 4.61. The van der Waals surface area contributed by atoms with Gasteiger partial charge in [0.25, 0.3) is 0 Å². The lowest BCUT2D eigenvalue weighted by Crippen LogP contribution is -2.48. The highest BCUT2D eigenvalue weighted by Gasteiger charge is 2.23. The molecule has 1 aliphatic rings. The van der Waals surface area contributed by atoms with E-state index < -0.39 is 0 Å². The second-order valence-electron chi connectivity index (χ2n) is 7.83. The first-order valence-corrected chi connectivity index (χ1v) is 11.4. The van der Waals surface area contributed by atoms with Crippen molar-refractivity contribution in [3.05, 3.63) is 57.9 Å². The van der Waals surface area contributed by atoms with E-state index in [1.807, 2.05) is 18.7 Å². The van der Waals surface area contributed by atoms with Crippen LogP contribution in [0.3, 0.4) is 0 Å². The molecule has 3 heterocycles. The highest BCUT2D eigenvalue weighted by atomic mass is 32.1. The fraction of sp³-hybridized carbons (Fsp3) is 0.435. The smallest absolute Gasteiger partial charge is 0.227 e. The predicted octanol–water partition coefficient (Wildman–Crippen LogP) is 3.86. The van der Waals surface area contributed by atoms with Crippen LogP contribution in [0, 0.1) is 13.8 Å². The summed E-state index contributed by atoms with van der Waals surface area (Å²) in [4.78, 5) is 21.8. The number of amides is 1. The topological polar surface area (TPSA) is 62.5 Å². The van der Waals surface area contributed by atoms with Crippen molar-refractivity contribution in [3.8, 4) is 10.6 Å². The van der Waals surface area contributed by atoms with E-state index in [-0.39, 0.29) is 5.91 Å². The largest absolute Gasteiger partial charge is 0.361 e. The molecule has 0 aliphatic carbocycles. The number of benzene rings is 1. The molecule has 6 nitrogen and oxygen atoms in total. The number of carbonyl (C=O) groups is 1. The number of thiazole rings is 1. The van der Waals surface area contributed by atoms with Crippen molar-refractivity contribution in [3.63, 3.8) is 0 Å². The summed E-state index contributed by atoms with van der Waals surface area (Å²) < 4.78 is 5.18. The zero-order valence-electron chi connectivity index (χ0n) is 17.9. The fourth-order valence-electron chi connectivity index (χ4n) is 3.80. The lowest BCUT2D eigenvalue weighted by Gasteiger charge is -2.34. The molecular formula is C23H28N4O2S. The summed E-state index contributed by atoms with van der Waals surface area (Å²) >= 11 is 1.70. The number of aromatic nitrogens is 2. The van der Waals surface area contributed by atoms with Crippen LogP contribution >= 0.6 is 11.3 Å². The summed E-state index contributed by atoms with van der Waals surface area (Å²) in [5.41, 5.74) is 5.35. The molecule has 158 valence electrons. The van der Waals surface area contributed by atoms with Crippen molar-refractivity contribution in [1.29, 1.82) is 0 Å². The first-order chi connectivity index (χ1) is 14.5. The van der Waals surface area contributed by atoms with Crippen LogP contribution in [0.25, 0.3) is 10.6 Å². The molecule has 2 aromatic heterocycles. The minimum absolute atomic E-state index is 0.149. The number of aryl methyl sites for hydroxylation is 3. The Morgan fingerprint density at radius 1 is 1.13 bits per heavy atom. The number of nitrogens with zero attached hydrogens (tertiary/aromatic N) is 4. The Kier molecular flexibility index (Phi) is 6.29. The maximum Gasteiger partial charge on any atom is 0.227 e. The van der Waals surface area contributed by atoms with Gasteiger partial charge < -0.3 is 9.42 Å². The van der Waals surface area contributed by atoms with Gasteiger partial charge in [0.15, 0.2) is 0 Å². The Balaban J connectivity index is 1.29. The zero-order valence-corrected chi connectivity index (χ0v) is 18.7. The van der Waals surface area contributed by atoms with Gasteiger partial charge in [-0.2, -0.15) is 0 Å². The quantitative estimate of drug-likeness (QED) is 0.601. The van der Waals surface area contributed by atoms with Gasteiger partial charge in [0.2, 0.25) is 5.91 Å². The molecule has 1 fully saturated rings. The van der Waals surface area contributed by atoms with Crippen molar-refractivity contribution in [2.75, 3.05) is 26.2 Å². The van der Waals surface area contributed by atoms with E-state index in [4.69, 9.17) is 9.51 Å². The average molecular weight is 425 g/mol. The molecule has 30 heavy (non-hydrogen) atoms. The van der Waals surface area contributed by atoms with Gasteiger partial charge in [-0.15, -0.1) is 11.3 Å². The molecule has 4 rings (SSSR count). The van der Waals surface area contributed by atoms with E-state index >= 15 is 0 Å². The third-order valence-electron chi connectivity index (χ3n) is 5.78. The van der Waals surface area contributed by atoms with E-state index in [1.165, 1.54) is 11.1 Å². The first kappa shape index (κ1) is 20.8. The Bertz CT molecular complexity index is 981. The molecule has 0 spiro atoms. The molecule has 1 saturated heterocycles. The van der Waals surface area contributed by atoms with Crippen molar-refractivity contribution in [2.24, 2.45) is 0 Å². The summed E-state index contributed by atoms with van der Waals surface area (Å²) in [6.45, 7) is 9.97. The molecule has 0 atom stereocenters. The summed E-state index contributed by atoms with van der Waals surface area (Å²) in [6.07, 6.45) is 1.42. The highest BCUT2D eigenvalue weighted by molar-refractivity contribution is 7.13. The van der Waals surface area contributed by atoms with E-state index in [0.29, 0.717) is 6.42 Å². The maximum atomic E-state index is 12.7. The van der Waals surface area contributed by atoms with Crippen LogP contribution in [0.5, 0.6) is 0 Å². The standard InChI is InChI=1S/C23H28N4O2S/c1-4-18-5-7-19(8-6-18)23-24-20(15-30-23)14-26-9-11-27(12-10-26)22(28)13-21-16(2)25-29-17(21)3/h5-8,15H,4,9-14H2,1-3H3. The van der Waals surface area contributed by atoms with Gasteiger partial charge in [-0.25, -0.2) is 4.98 Å². The second kappa shape index (κ2) is 9.10. The molecule has 0 N–H and O–H groups in total. The number of carbonyl (C=O) groups excluding carboxylic acids is 1. The molecule has 1 aromatic carbocycles. The van der Waals surface area contributed by atoms with E-state index in [1.54, 1.807) is 11.3 Å². The third-order valence-corrected chi connectivity index (χ3v) is 6.72. The minimum Gasteiger partial charge on any atom is -0.361 e. The molecule has 0 radical (unpaired) electrons. The van der Waals surface area contributed by atoms with Crippen LogP contribution in [0.1, 0.15) is 35.2 Å². The lowest BCUT2D eigenvalue weighted by atomic mass is 10.1. The Morgan fingerprint density at radius 2 is 1.87 bits per heavy atom. The molecule has 7 heteroatoms. The summed E-state index contributed by atoms with van der Waals surface area (Å²) in [7, 11) is 0. The van der Waals surface area contributed by atoms with E-state index in [9.17, 15) is 4.79 Å². The van der Waals surface area contributed by atoms with Crippen LogP contribution < -0.4 is 0 Å². The van der Waals surface area contributed by atoms with Crippen LogP contribution in [-0.4, -0.2) is 52.0 Å². The van der Waals surface area contributed by atoms with E-state index in [0.717, 1.165) is 66.9 Å². The van der Waals surface area contributed by atoms with E-state index in [2.05, 4.69) is 46.6 Å². The van der Waals surface area contributed by atoms with Crippen LogP contribution in [0.15, 0.2) is 34.2 Å². The van der Waals surface area contributed by atoms with Gasteiger partial charge in [-0.1, -0.05) is 36.3 Å². The van der Waals surface area contributed by atoms with Crippen molar-refractivity contribution in [2.45, 2.75) is 40.2 Å². The summed E-state index contributed by atoms with van der Waals surface area (Å²) in [5.74, 6) is 0.888. The molecule has 3 aromatic rings. The number of piperazine rings is 1. The van der Waals surface area contributed by atoms with Crippen molar-refractivity contribution >= 4 is 17.2 Å². The Morgan fingerprint density at radius 3 is 2.50 bits per heavy atom. The van der Waals surface area contributed by atoms with Gasteiger partial charge in [-0.3, -0.25) is 9.69 Å². The van der Waals surface area contributed by atoms with Crippen LogP contribution in [-0.2, 0) is 24.2 Å². The maximum absolute atomic E-state index is 12.7.